The highest BCUT2D eigenvalue weighted by Crippen LogP contribution is 2.33. The monoisotopic (exact) mass is 540 g/mol. The summed E-state index contributed by atoms with van der Waals surface area (Å²) >= 11 is 6.54. The van der Waals surface area contributed by atoms with Gasteiger partial charge in [0, 0.05) is 30.1 Å². The molecule has 2 heterocycles. The molecule has 0 bridgehead atoms. The second-order valence-electron chi connectivity index (χ2n) is 7.20. The lowest BCUT2D eigenvalue weighted by Crippen LogP contribution is -2.39. The Kier molecular flexibility index (Phi) is 6.85. The summed E-state index contributed by atoms with van der Waals surface area (Å²) < 4.78 is 46.4. The van der Waals surface area contributed by atoms with Crippen LogP contribution < -0.4 is 25.0 Å². The van der Waals surface area contributed by atoms with Gasteiger partial charge in [-0.25, -0.2) is 22.3 Å². The molecule has 0 fully saturated rings. The highest BCUT2D eigenvalue weighted by molar-refractivity contribution is 7.92. The molecule has 0 radical (unpaired) electrons. The maximum atomic E-state index is 14.2. The van der Waals surface area contributed by atoms with Gasteiger partial charge in [0.2, 0.25) is 0 Å². The van der Waals surface area contributed by atoms with Crippen LogP contribution in [0.2, 0.25) is 4.34 Å². The van der Waals surface area contributed by atoms with Crippen LogP contribution in [0.4, 0.5) is 26.2 Å². The van der Waals surface area contributed by atoms with E-state index in [1.54, 1.807) is 7.05 Å². The van der Waals surface area contributed by atoms with Crippen molar-refractivity contribution in [2.75, 3.05) is 29.3 Å². The second-order valence-corrected chi connectivity index (χ2v) is 10.8. The summed E-state index contributed by atoms with van der Waals surface area (Å²) in [6.07, 6.45) is 0. The summed E-state index contributed by atoms with van der Waals surface area (Å²) in [5.74, 6) is -0.912. The molecule has 1 aliphatic rings. The van der Waals surface area contributed by atoms with Crippen molar-refractivity contribution in [3.05, 3.63) is 63.7 Å². The Morgan fingerprint density at radius 2 is 2.00 bits per heavy atom. The average Bonchev–Trinajstić information content (AvgIpc) is 3.27. The predicted molar refractivity (Wildman–Crippen MR) is 129 cm³/mol. The van der Waals surface area contributed by atoms with Gasteiger partial charge in [-0.3, -0.25) is 9.69 Å². The molecule has 14 heteroatoms. The van der Waals surface area contributed by atoms with Crippen molar-refractivity contribution >= 4 is 62.0 Å². The van der Waals surface area contributed by atoms with Crippen molar-refractivity contribution in [3.63, 3.8) is 0 Å². The number of aliphatic hydroxyl groups is 1. The van der Waals surface area contributed by atoms with Crippen LogP contribution in [0, 0.1) is 5.82 Å². The summed E-state index contributed by atoms with van der Waals surface area (Å²) in [5, 5.41) is 14.8. The van der Waals surface area contributed by atoms with E-state index in [2.05, 4.69) is 10.6 Å². The van der Waals surface area contributed by atoms with E-state index in [0.717, 1.165) is 17.4 Å². The van der Waals surface area contributed by atoms with E-state index >= 15 is 0 Å². The molecule has 1 aromatic heterocycles. The Balaban J connectivity index is 1.53. The third-order valence-corrected chi connectivity index (χ3v) is 8.08. The summed E-state index contributed by atoms with van der Waals surface area (Å²) in [5.41, 5.74) is 0.840. The molecule has 3 aromatic rings. The molecule has 1 aliphatic heterocycles. The van der Waals surface area contributed by atoms with Gasteiger partial charge in [0.05, 0.1) is 22.2 Å². The molecular weight excluding hydrogens is 523 g/mol. The fraction of sp³-hybridized carbons (Fsp3) is 0.143. The molecule has 10 nitrogen and oxygen atoms in total. The maximum absolute atomic E-state index is 14.2. The van der Waals surface area contributed by atoms with Gasteiger partial charge in [-0.2, -0.15) is 0 Å². The number of halogens is 2. The van der Waals surface area contributed by atoms with Gasteiger partial charge in [-0.15, -0.1) is 11.3 Å². The van der Waals surface area contributed by atoms with Gasteiger partial charge in [0.1, 0.15) is 15.8 Å². The fourth-order valence-corrected chi connectivity index (χ4v) is 5.71. The lowest BCUT2D eigenvalue weighted by atomic mass is 10.1. The van der Waals surface area contributed by atoms with Gasteiger partial charge < -0.3 is 20.5 Å². The number of rotatable bonds is 6. The number of ether oxygens (including phenoxy) is 1. The Bertz CT molecular complexity index is 1430. The number of fused-ring (bicyclic) bond motifs is 1. The van der Waals surface area contributed by atoms with Gasteiger partial charge in [-0.1, -0.05) is 11.6 Å². The smallest absolute Gasteiger partial charge is 0.333 e. The topological polar surface area (TPSA) is 137 Å². The van der Waals surface area contributed by atoms with Crippen molar-refractivity contribution in [3.8, 4) is 5.75 Å². The number of sulfonamides is 1. The van der Waals surface area contributed by atoms with Crippen LogP contribution in [0.3, 0.4) is 0 Å². The van der Waals surface area contributed by atoms with Crippen LogP contribution in [-0.4, -0.2) is 39.2 Å². The van der Waals surface area contributed by atoms with Crippen LogP contribution in [0.15, 0.2) is 46.7 Å². The summed E-state index contributed by atoms with van der Waals surface area (Å²) in [6.45, 7) is -0.698. The maximum Gasteiger partial charge on any atom is 0.333 e. The number of benzene rings is 2. The Labute approximate surface area is 208 Å². The summed E-state index contributed by atoms with van der Waals surface area (Å²) in [6, 6.07) is 8.34. The molecule has 0 spiro atoms. The molecule has 0 aliphatic carbocycles. The van der Waals surface area contributed by atoms with Crippen LogP contribution in [0.5, 0.6) is 5.75 Å². The Morgan fingerprint density at radius 1 is 1.23 bits per heavy atom. The van der Waals surface area contributed by atoms with Crippen LogP contribution >= 0.6 is 22.9 Å². The predicted octanol–water partition coefficient (Wildman–Crippen LogP) is 3.58. The molecule has 0 saturated heterocycles. The molecule has 184 valence electrons. The minimum absolute atomic E-state index is 0.0266. The number of urea groups is 1. The van der Waals surface area contributed by atoms with Crippen molar-refractivity contribution in [1.82, 2.24) is 4.72 Å². The van der Waals surface area contributed by atoms with E-state index in [0.29, 0.717) is 5.69 Å². The van der Waals surface area contributed by atoms with Gasteiger partial charge in [0.25, 0.3) is 15.9 Å². The number of anilines is 3. The van der Waals surface area contributed by atoms with Crippen molar-refractivity contribution in [2.24, 2.45) is 0 Å². The second kappa shape index (κ2) is 9.70. The van der Waals surface area contributed by atoms with E-state index in [1.807, 2.05) is 4.72 Å². The van der Waals surface area contributed by atoms with E-state index in [9.17, 15) is 27.5 Å². The summed E-state index contributed by atoms with van der Waals surface area (Å²) in [7, 11) is -2.60. The van der Waals surface area contributed by atoms with Gasteiger partial charge in [0.15, 0.2) is 6.73 Å². The molecule has 3 amide bonds. The molecule has 4 N–H and O–H groups in total. The number of carbonyl (C=O) groups is 2. The van der Waals surface area contributed by atoms with Gasteiger partial charge in [-0.05, 0) is 36.4 Å². The van der Waals surface area contributed by atoms with Gasteiger partial charge >= 0.3 is 6.03 Å². The SMILES string of the molecule is CNc1cc2c(cc1F)C(=O)N(c1ccc(NC(=O)NS(=O)(=O)c3ccc(Cl)s3)c(CO)c1)CO2. The highest BCUT2D eigenvalue weighted by Gasteiger charge is 2.29. The number of amides is 3. The third-order valence-electron chi connectivity index (χ3n) is 5.02. The van der Waals surface area contributed by atoms with Crippen LogP contribution in [0.25, 0.3) is 0 Å². The highest BCUT2D eigenvalue weighted by atomic mass is 35.5. The first-order chi connectivity index (χ1) is 16.6. The van der Waals surface area contributed by atoms with E-state index in [1.165, 1.54) is 41.3 Å². The molecule has 0 saturated carbocycles. The third kappa shape index (κ3) is 5.03. The normalized spacial score (nSPS) is 13.1. The first-order valence-electron chi connectivity index (χ1n) is 9.92. The molecule has 4 rings (SSSR count). The molecule has 0 atom stereocenters. The van der Waals surface area contributed by atoms with Crippen molar-refractivity contribution in [2.45, 2.75) is 10.8 Å². The minimum atomic E-state index is -4.14. The molecular formula is C21H18ClFN4O6S2. The van der Waals surface area contributed by atoms with E-state index < -0.39 is 34.4 Å². The lowest BCUT2D eigenvalue weighted by Gasteiger charge is -2.29. The van der Waals surface area contributed by atoms with Crippen LogP contribution in [0.1, 0.15) is 15.9 Å². The van der Waals surface area contributed by atoms with E-state index in [-0.39, 0.29) is 43.5 Å². The largest absolute Gasteiger partial charge is 0.472 e. The Hall–Kier alpha value is -3.39. The quantitative estimate of drug-likeness (QED) is 0.375. The minimum Gasteiger partial charge on any atom is -0.472 e. The standard InChI is InChI=1S/C21H18ClFN4O6S2/c1-24-16-8-17-13(7-14(16)23)20(29)27(10-33-17)12-2-3-15(11(6-12)9-28)25-21(30)26-35(31,32)19-5-4-18(22)34-19/h2-8,24,28H,9-10H2,1H3,(H2,25,26,30). The molecule has 0 unspecified atom stereocenters. The number of hydrogen-bond acceptors (Lipinski definition) is 8. The van der Waals surface area contributed by atoms with Crippen molar-refractivity contribution in [1.29, 1.82) is 0 Å². The van der Waals surface area contributed by atoms with Crippen LogP contribution in [-0.2, 0) is 16.6 Å². The number of thiophene rings is 1. The zero-order valence-electron chi connectivity index (χ0n) is 18.0. The lowest BCUT2D eigenvalue weighted by molar-refractivity contribution is 0.0936. The Morgan fingerprint density at radius 3 is 2.66 bits per heavy atom. The number of aliphatic hydroxyl groups excluding tert-OH is 1. The molecule has 2 aromatic carbocycles. The first-order valence-corrected chi connectivity index (χ1v) is 12.6. The zero-order chi connectivity index (χ0) is 25.3. The molecule has 35 heavy (non-hydrogen) atoms. The number of hydrogen-bond donors (Lipinski definition) is 4. The number of nitrogens with one attached hydrogen (secondary N) is 3. The number of nitrogens with zero attached hydrogens (tertiary/aromatic N) is 1. The zero-order valence-corrected chi connectivity index (χ0v) is 20.4. The summed E-state index contributed by atoms with van der Waals surface area (Å²) in [4.78, 5) is 26.5. The first kappa shape index (κ1) is 24.7. The fourth-order valence-electron chi connectivity index (χ4n) is 3.32. The van der Waals surface area contributed by atoms with Crippen molar-refractivity contribution < 1.29 is 32.2 Å². The van der Waals surface area contributed by atoms with E-state index in [4.69, 9.17) is 16.3 Å². The number of carbonyl (C=O) groups excluding carboxylic acids is 2. The average molecular weight is 541 g/mol.